The molecule has 0 saturated heterocycles. The Labute approximate surface area is 133 Å². The van der Waals surface area contributed by atoms with E-state index >= 15 is 0 Å². The monoisotopic (exact) mass is 315 g/mol. The molecule has 0 aromatic heterocycles. The number of nitrogens with one attached hydrogen (secondary N) is 1. The van der Waals surface area contributed by atoms with Crippen molar-refractivity contribution in [2.45, 2.75) is 12.8 Å². The van der Waals surface area contributed by atoms with Crippen molar-refractivity contribution in [2.75, 3.05) is 12.4 Å². The van der Waals surface area contributed by atoms with Crippen LogP contribution in [-0.4, -0.2) is 29.2 Å². The maximum absolute atomic E-state index is 12.0. The van der Waals surface area contributed by atoms with Crippen LogP contribution in [0.2, 0.25) is 0 Å². The van der Waals surface area contributed by atoms with Crippen LogP contribution in [0.5, 0.6) is 11.5 Å². The predicted molar refractivity (Wildman–Crippen MR) is 85.0 cm³/mol. The van der Waals surface area contributed by atoms with E-state index < -0.39 is 5.97 Å². The molecule has 2 rings (SSSR count). The first-order chi connectivity index (χ1) is 11.0. The van der Waals surface area contributed by atoms with E-state index in [1.54, 1.807) is 30.3 Å². The predicted octanol–water partition coefficient (Wildman–Crippen LogP) is 2.67. The summed E-state index contributed by atoms with van der Waals surface area (Å²) in [6.45, 7) is 0. The number of hydrogen-bond acceptors (Lipinski definition) is 4. The Balaban J connectivity index is 2.00. The molecule has 0 aliphatic carbocycles. The van der Waals surface area contributed by atoms with E-state index in [4.69, 9.17) is 9.84 Å². The third-order valence-corrected chi connectivity index (χ3v) is 3.32. The van der Waals surface area contributed by atoms with Gasteiger partial charge >= 0.3 is 5.97 Å². The van der Waals surface area contributed by atoms with Crippen LogP contribution in [0.1, 0.15) is 22.3 Å². The van der Waals surface area contributed by atoms with Crippen molar-refractivity contribution in [1.29, 1.82) is 0 Å². The smallest absolute Gasteiger partial charge is 0.337 e. The van der Waals surface area contributed by atoms with Crippen LogP contribution in [0.15, 0.2) is 42.5 Å². The molecule has 2 aromatic carbocycles. The third-order valence-electron chi connectivity index (χ3n) is 3.32. The first-order valence-corrected chi connectivity index (χ1v) is 6.99. The molecule has 0 atom stereocenters. The van der Waals surface area contributed by atoms with Gasteiger partial charge in [0.05, 0.1) is 18.4 Å². The lowest BCUT2D eigenvalue weighted by Crippen LogP contribution is -2.15. The number of phenols is 1. The van der Waals surface area contributed by atoms with E-state index in [1.807, 2.05) is 0 Å². The second-order valence-electron chi connectivity index (χ2n) is 4.91. The molecule has 0 saturated carbocycles. The van der Waals surface area contributed by atoms with Gasteiger partial charge in [0.1, 0.15) is 0 Å². The van der Waals surface area contributed by atoms with Crippen molar-refractivity contribution in [3.63, 3.8) is 0 Å². The fraction of sp³-hybridized carbons (Fsp3) is 0.176. The van der Waals surface area contributed by atoms with Crippen LogP contribution in [0, 0.1) is 0 Å². The molecule has 0 aliphatic rings. The highest BCUT2D eigenvalue weighted by molar-refractivity contribution is 6.00. The zero-order chi connectivity index (χ0) is 16.8. The average molecular weight is 315 g/mol. The zero-order valence-corrected chi connectivity index (χ0v) is 12.6. The van der Waals surface area contributed by atoms with Gasteiger partial charge < -0.3 is 20.3 Å². The van der Waals surface area contributed by atoms with Crippen LogP contribution in [0.3, 0.4) is 0 Å². The van der Waals surface area contributed by atoms with E-state index in [0.717, 1.165) is 5.56 Å². The van der Waals surface area contributed by atoms with Crippen molar-refractivity contribution in [2.24, 2.45) is 0 Å². The van der Waals surface area contributed by atoms with Gasteiger partial charge in [0.2, 0.25) is 5.91 Å². The number of phenolic OH excluding ortho intramolecular Hbond substituents is 1. The number of aromatic carboxylic acids is 1. The van der Waals surface area contributed by atoms with Crippen LogP contribution >= 0.6 is 0 Å². The molecule has 0 fully saturated rings. The second kappa shape index (κ2) is 7.31. The van der Waals surface area contributed by atoms with Crippen LogP contribution in [-0.2, 0) is 11.2 Å². The van der Waals surface area contributed by atoms with Gasteiger partial charge in [-0.2, -0.15) is 0 Å². The number of anilines is 1. The largest absolute Gasteiger partial charge is 0.504 e. The van der Waals surface area contributed by atoms with Gasteiger partial charge in [-0.05, 0) is 36.2 Å². The van der Waals surface area contributed by atoms with Gasteiger partial charge in [0.15, 0.2) is 11.5 Å². The Kier molecular flexibility index (Phi) is 5.19. The van der Waals surface area contributed by atoms with Gasteiger partial charge in [0, 0.05) is 6.42 Å². The van der Waals surface area contributed by atoms with Gasteiger partial charge in [0.25, 0.3) is 0 Å². The number of ether oxygens (including phenoxy) is 1. The number of carboxylic acid groups (broad SMARTS) is 1. The molecule has 23 heavy (non-hydrogen) atoms. The third kappa shape index (κ3) is 4.23. The fourth-order valence-corrected chi connectivity index (χ4v) is 2.13. The fourth-order valence-electron chi connectivity index (χ4n) is 2.13. The van der Waals surface area contributed by atoms with Crippen LogP contribution in [0.25, 0.3) is 0 Å². The molecule has 3 N–H and O–H groups in total. The highest BCUT2D eigenvalue weighted by Crippen LogP contribution is 2.26. The number of benzene rings is 2. The van der Waals surface area contributed by atoms with Crippen molar-refractivity contribution < 1.29 is 24.5 Å². The lowest BCUT2D eigenvalue weighted by Gasteiger charge is -2.09. The number of para-hydroxylation sites is 1. The number of methoxy groups -OCH3 is 1. The normalized spacial score (nSPS) is 10.1. The molecule has 0 spiro atoms. The Bertz CT molecular complexity index is 727. The summed E-state index contributed by atoms with van der Waals surface area (Å²) in [5.74, 6) is -0.995. The first kappa shape index (κ1) is 16.4. The summed E-state index contributed by atoms with van der Waals surface area (Å²) in [7, 11) is 1.45. The summed E-state index contributed by atoms with van der Waals surface area (Å²) >= 11 is 0. The minimum absolute atomic E-state index is 0.0380. The topological polar surface area (TPSA) is 95.9 Å². The summed E-state index contributed by atoms with van der Waals surface area (Å²) in [5.41, 5.74) is 1.15. The van der Waals surface area contributed by atoms with E-state index in [1.165, 1.54) is 19.2 Å². The SMILES string of the molecule is COc1cc(CCC(=O)Nc2ccccc2C(=O)O)ccc1O. The van der Waals surface area contributed by atoms with Gasteiger partial charge in [-0.15, -0.1) is 0 Å². The summed E-state index contributed by atoms with van der Waals surface area (Å²) in [6, 6.07) is 11.1. The Morgan fingerprint density at radius 2 is 1.91 bits per heavy atom. The summed E-state index contributed by atoms with van der Waals surface area (Å²) < 4.78 is 5.01. The number of carbonyl (C=O) groups is 2. The molecule has 0 aliphatic heterocycles. The number of aryl methyl sites for hydroxylation is 1. The van der Waals surface area contributed by atoms with E-state index in [-0.39, 0.29) is 29.3 Å². The first-order valence-electron chi connectivity index (χ1n) is 6.99. The summed E-state index contributed by atoms with van der Waals surface area (Å²) in [6.07, 6.45) is 0.625. The molecule has 1 amide bonds. The molecule has 120 valence electrons. The molecular weight excluding hydrogens is 298 g/mol. The molecule has 0 radical (unpaired) electrons. The number of amides is 1. The van der Waals surface area contributed by atoms with Crippen molar-refractivity contribution in [1.82, 2.24) is 0 Å². The quantitative estimate of drug-likeness (QED) is 0.761. The number of carboxylic acids is 1. The Hall–Kier alpha value is -3.02. The number of hydrogen-bond donors (Lipinski definition) is 3. The lowest BCUT2D eigenvalue weighted by atomic mass is 10.1. The number of aromatic hydroxyl groups is 1. The highest BCUT2D eigenvalue weighted by atomic mass is 16.5. The van der Waals surface area contributed by atoms with Gasteiger partial charge in [-0.3, -0.25) is 4.79 Å². The molecule has 0 heterocycles. The van der Waals surface area contributed by atoms with E-state index in [0.29, 0.717) is 12.2 Å². The zero-order valence-electron chi connectivity index (χ0n) is 12.6. The molecule has 6 nitrogen and oxygen atoms in total. The molecule has 6 heteroatoms. The molecule has 2 aromatic rings. The lowest BCUT2D eigenvalue weighted by molar-refractivity contribution is -0.116. The number of carbonyl (C=O) groups excluding carboxylic acids is 1. The van der Waals surface area contributed by atoms with Gasteiger partial charge in [-0.25, -0.2) is 4.79 Å². The van der Waals surface area contributed by atoms with E-state index in [2.05, 4.69) is 5.32 Å². The summed E-state index contributed by atoms with van der Waals surface area (Å²) in [4.78, 5) is 23.1. The second-order valence-corrected chi connectivity index (χ2v) is 4.91. The van der Waals surface area contributed by atoms with E-state index in [9.17, 15) is 14.7 Å². The Morgan fingerprint density at radius 3 is 2.61 bits per heavy atom. The minimum Gasteiger partial charge on any atom is -0.504 e. The molecule has 0 unspecified atom stereocenters. The molecular formula is C17H17NO5. The van der Waals surface area contributed by atoms with Gasteiger partial charge in [-0.1, -0.05) is 18.2 Å². The standard InChI is InChI=1S/C17H17NO5/c1-23-15-10-11(6-8-14(15)19)7-9-16(20)18-13-5-3-2-4-12(13)17(21)22/h2-6,8,10,19H,7,9H2,1H3,(H,18,20)(H,21,22). The maximum Gasteiger partial charge on any atom is 0.337 e. The summed E-state index contributed by atoms with van der Waals surface area (Å²) in [5, 5.41) is 21.2. The van der Waals surface area contributed by atoms with Crippen LogP contribution in [0.4, 0.5) is 5.69 Å². The average Bonchev–Trinajstić information content (AvgIpc) is 2.54. The van der Waals surface area contributed by atoms with Crippen LogP contribution < -0.4 is 10.1 Å². The number of rotatable bonds is 6. The van der Waals surface area contributed by atoms with Crippen molar-refractivity contribution in [3.05, 3.63) is 53.6 Å². The highest BCUT2D eigenvalue weighted by Gasteiger charge is 2.12. The van der Waals surface area contributed by atoms with Crippen molar-refractivity contribution >= 4 is 17.6 Å². The molecule has 0 bridgehead atoms. The van der Waals surface area contributed by atoms with Crippen molar-refractivity contribution in [3.8, 4) is 11.5 Å². The minimum atomic E-state index is -1.09. The Morgan fingerprint density at radius 1 is 1.17 bits per heavy atom. The maximum atomic E-state index is 12.0.